The first kappa shape index (κ1) is 16.3. The molecule has 2 heterocycles. The van der Waals surface area contributed by atoms with Gasteiger partial charge in [-0.05, 0) is 31.2 Å². The van der Waals surface area contributed by atoms with Gasteiger partial charge in [-0.2, -0.15) is 11.8 Å². The largest absolute Gasteiger partial charge is 0.381 e. The zero-order chi connectivity index (χ0) is 16.2. The number of benzene rings is 1. The SMILES string of the molecule is COC1CCN(C(=O)Cn2c(CSC)nc3ccccc32)CC1. The van der Waals surface area contributed by atoms with E-state index < -0.39 is 0 Å². The Hall–Kier alpha value is -1.53. The maximum absolute atomic E-state index is 12.7. The molecule has 1 saturated heterocycles. The fourth-order valence-corrected chi connectivity index (χ4v) is 3.60. The molecule has 0 bridgehead atoms. The minimum absolute atomic E-state index is 0.171. The number of hydrogen-bond donors (Lipinski definition) is 0. The Balaban J connectivity index is 1.78. The standard InChI is InChI=1S/C17H23N3O2S/c1-22-13-7-9-19(10-8-13)17(21)11-20-15-6-4-3-5-14(15)18-16(20)12-23-2/h3-6,13H,7-12H2,1-2H3. The molecule has 1 aromatic heterocycles. The maximum atomic E-state index is 12.7. The van der Waals surface area contributed by atoms with Crippen LogP contribution in [0.4, 0.5) is 0 Å². The fraction of sp³-hybridized carbons (Fsp3) is 0.529. The topological polar surface area (TPSA) is 47.4 Å². The molecule has 0 unspecified atom stereocenters. The van der Waals surface area contributed by atoms with Crippen LogP contribution in [0.3, 0.4) is 0 Å². The van der Waals surface area contributed by atoms with Gasteiger partial charge in [-0.3, -0.25) is 4.79 Å². The lowest BCUT2D eigenvalue weighted by Gasteiger charge is -2.31. The van der Waals surface area contributed by atoms with Crippen LogP contribution >= 0.6 is 11.8 Å². The van der Waals surface area contributed by atoms with Crippen LogP contribution in [0, 0.1) is 0 Å². The first-order chi connectivity index (χ1) is 11.2. The van der Waals surface area contributed by atoms with Gasteiger partial charge in [0.05, 0.1) is 22.9 Å². The molecule has 0 aliphatic carbocycles. The van der Waals surface area contributed by atoms with E-state index in [9.17, 15) is 4.79 Å². The molecular weight excluding hydrogens is 310 g/mol. The van der Waals surface area contributed by atoms with Crippen molar-refractivity contribution < 1.29 is 9.53 Å². The van der Waals surface area contributed by atoms with Crippen LogP contribution in [-0.4, -0.2) is 52.9 Å². The van der Waals surface area contributed by atoms with Crippen LogP contribution < -0.4 is 0 Å². The maximum Gasteiger partial charge on any atom is 0.242 e. The predicted molar refractivity (Wildman–Crippen MR) is 93.6 cm³/mol. The van der Waals surface area contributed by atoms with E-state index in [4.69, 9.17) is 4.74 Å². The summed E-state index contributed by atoms with van der Waals surface area (Å²) < 4.78 is 7.44. The second-order valence-electron chi connectivity index (χ2n) is 5.85. The Bertz CT molecular complexity index is 678. The Labute approximate surface area is 141 Å². The number of para-hydroxylation sites is 2. The average molecular weight is 333 g/mol. The van der Waals surface area contributed by atoms with Crippen molar-refractivity contribution in [3.63, 3.8) is 0 Å². The number of amides is 1. The molecule has 1 aliphatic rings. The summed E-state index contributed by atoms with van der Waals surface area (Å²) in [4.78, 5) is 19.3. The van der Waals surface area contributed by atoms with Crippen LogP contribution in [-0.2, 0) is 21.8 Å². The third-order valence-electron chi connectivity index (χ3n) is 4.43. The van der Waals surface area contributed by atoms with Gasteiger partial charge in [0.1, 0.15) is 12.4 Å². The van der Waals surface area contributed by atoms with E-state index in [0.717, 1.165) is 48.5 Å². The zero-order valence-corrected chi connectivity index (χ0v) is 14.5. The van der Waals surface area contributed by atoms with Gasteiger partial charge in [0, 0.05) is 20.2 Å². The van der Waals surface area contributed by atoms with Crippen molar-refractivity contribution in [1.82, 2.24) is 14.5 Å². The van der Waals surface area contributed by atoms with Crippen molar-refractivity contribution in [3.8, 4) is 0 Å². The summed E-state index contributed by atoms with van der Waals surface area (Å²) in [7, 11) is 1.74. The van der Waals surface area contributed by atoms with Gasteiger partial charge in [-0.25, -0.2) is 4.98 Å². The second-order valence-corrected chi connectivity index (χ2v) is 6.72. The lowest BCUT2D eigenvalue weighted by molar-refractivity contribution is -0.134. The Morgan fingerprint density at radius 2 is 2.09 bits per heavy atom. The van der Waals surface area contributed by atoms with E-state index in [1.165, 1.54) is 0 Å². The van der Waals surface area contributed by atoms with Crippen LogP contribution in [0.1, 0.15) is 18.7 Å². The van der Waals surface area contributed by atoms with Crippen molar-refractivity contribution >= 4 is 28.7 Å². The first-order valence-electron chi connectivity index (χ1n) is 7.96. The third-order valence-corrected chi connectivity index (χ3v) is 4.98. The van der Waals surface area contributed by atoms with Gasteiger partial charge in [-0.1, -0.05) is 12.1 Å². The molecule has 1 aliphatic heterocycles. The highest BCUT2D eigenvalue weighted by Gasteiger charge is 2.23. The van der Waals surface area contributed by atoms with E-state index in [0.29, 0.717) is 12.6 Å². The van der Waals surface area contributed by atoms with E-state index in [-0.39, 0.29) is 5.91 Å². The van der Waals surface area contributed by atoms with Crippen LogP contribution in [0.5, 0.6) is 0 Å². The highest BCUT2D eigenvalue weighted by molar-refractivity contribution is 7.97. The number of carbonyl (C=O) groups is 1. The molecule has 1 amide bonds. The molecule has 0 saturated carbocycles. The fourth-order valence-electron chi connectivity index (χ4n) is 3.12. The molecule has 2 aromatic rings. The van der Waals surface area contributed by atoms with Crippen molar-refractivity contribution in [1.29, 1.82) is 0 Å². The molecule has 0 N–H and O–H groups in total. The molecule has 6 heteroatoms. The van der Waals surface area contributed by atoms with Crippen molar-refractivity contribution in [2.75, 3.05) is 26.5 Å². The number of fused-ring (bicyclic) bond motifs is 1. The van der Waals surface area contributed by atoms with Crippen molar-refractivity contribution in [3.05, 3.63) is 30.1 Å². The van der Waals surface area contributed by atoms with E-state index in [1.54, 1.807) is 18.9 Å². The number of likely N-dealkylation sites (tertiary alicyclic amines) is 1. The second kappa shape index (κ2) is 7.36. The molecule has 5 nitrogen and oxygen atoms in total. The molecule has 124 valence electrons. The number of aromatic nitrogens is 2. The molecule has 0 atom stereocenters. The predicted octanol–water partition coefficient (Wildman–Crippen LogP) is 2.54. The molecule has 0 radical (unpaired) electrons. The lowest BCUT2D eigenvalue weighted by atomic mass is 10.1. The summed E-state index contributed by atoms with van der Waals surface area (Å²) in [6.45, 7) is 1.93. The molecule has 23 heavy (non-hydrogen) atoms. The van der Waals surface area contributed by atoms with Gasteiger partial charge in [0.2, 0.25) is 5.91 Å². The highest BCUT2D eigenvalue weighted by atomic mass is 32.2. The summed E-state index contributed by atoms with van der Waals surface area (Å²) >= 11 is 1.73. The van der Waals surface area contributed by atoms with E-state index in [1.807, 2.05) is 29.2 Å². The lowest BCUT2D eigenvalue weighted by Crippen LogP contribution is -2.42. The van der Waals surface area contributed by atoms with E-state index in [2.05, 4.69) is 15.8 Å². The van der Waals surface area contributed by atoms with Gasteiger partial charge in [0.15, 0.2) is 0 Å². The Morgan fingerprint density at radius 3 is 2.78 bits per heavy atom. The van der Waals surface area contributed by atoms with Gasteiger partial charge < -0.3 is 14.2 Å². The summed E-state index contributed by atoms with van der Waals surface area (Å²) in [6.07, 6.45) is 4.19. The number of imidazole rings is 1. The van der Waals surface area contributed by atoms with Gasteiger partial charge >= 0.3 is 0 Å². The smallest absolute Gasteiger partial charge is 0.242 e. The molecular formula is C17H23N3O2S. The third kappa shape index (κ3) is 3.53. The number of carbonyl (C=O) groups excluding carboxylic acids is 1. The van der Waals surface area contributed by atoms with Crippen LogP contribution in [0.2, 0.25) is 0 Å². The van der Waals surface area contributed by atoms with Crippen LogP contribution in [0.15, 0.2) is 24.3 Å². The van der Waals surface area contributed by atoms with Crippen molar-refractivity contribution in [2.45, 2.75) is 31.2 Å². The summed E-state index contributed by atoms with van der Waals surface area (Å²) in [5.41, 5.74) is 2.00. The Kier molecular flexibility index (Phi) is 5.23. The number of rotatable bonds is 5. The molecule has 1 fully saturated rings. The minimum Gasteiger partial charge on any atom is -0.381 e. The first-order valence-corrected chi connectivity index (χ1v) is 9.36. The van der Waals surface area contributed by atoms with Gasteiger partial charge in [-0.15, -0.1) is 0 Å². The molecule has 1 aromatic carbocycles. The monoisotopic (exact) mass is 333 g/mol. The van der Waals surface area contributed by atoms with Gasteiger partial charge in [0.25, 0.3) is 0 Å². The zero-order valence-electron chi connectivity index (χ0n) is 13.7. The number of nitrogens with zero attached hydrogens (tertiary/aromatic N) is 3. The molecule has 3 rings (SSSR count). The number of ether oxygens (including phenoxy) is 1. The number of methoxy groups -OCH3 is 1. The minimum atomic E-state index is 0.171. The summed E-state index contributed by atoms with van der Waals surface area (Å²) in [6, 6.07) is 8.03. The quantitative estimate of drug-likeness (QED) is 0.844. The average Bonchev–Trinajstić information content (AvgIpc) is 2.93. The van der Waals surface area contributed by atoms with Crippen LogP contribution in [0.25, 0.3) is 11.0 Å². The highest BCUT2D eigenvalue weighted by Crippen LogP contribution is 2.20. The number of hydrogen-bond acceptors (Lipinski definition) is 4. The Morgan fingerprint density at radius 1 is 1.35 bits per heavy atom. The summed E-state index contributed by atoms with van der Waals surface area (Å²) in [5, 5.41) is 0. The van der Waals surface area contributed by atoms with E-state index >= 15 is 0 Å². The summed E-state index contributed by atoms with van der Waals surface area (Å²) in [5.74, 6) is 1.96. The number of thioether (sulfide) groups is 1. The van der Waals surface area contributed by atoms with Crippen molar-refractivity contribution in [2.24, 2.45) is 0 Å². The molecule has 0 spiro atoms. The normalized spacial score (nSPS) is 16.2. The number of piperidine rings is 1.